The van der Waals surface area contributed by atoms with Gasteiger partial charge in [0.05, 0.1) is 5.25 Å². The second-order valence-corrected chi connectivity index (χ2v) is 8.23. The van der Waals surface area contributed by atoms with Gasteiger partial charge in [0.25, 0.3) is 0 Å². The van der Waals surface area contributed by atoms with E-state index in [1.54, 1.807) is 12.1 Å². The Morgan fingerprint density at radius 1 is 0.897 bits per heavy atom. The Morgan fingerprint density at radius 3 is 2.24 bits per heavy atom. The van der Waals surface area contributed by atoms with Crippen LogP contribution in [0.4, 0.5) is 4.39 Å². The molecule has 1 heterocycles. The monoisotopic (exact) mass is 402 g/mol. The van der Waals surface area contributed by atoms with E-state index in [0.29, 0.717) is 16.3 Å². The average Bonchev–Trinajstić information content (AvgIpc) is 2.75. The van der Waals surface area contributed by atoms with E-state index in [2.05, 4.69) is 10.2 Å². The van der Waals surface area contributed by atoms with Crippen LogP contribution in [0.3, 0.4) is 0 Å². The number of Topliss-reactive ketones (excluding diaryl/α,β-unsaturated/α-hetero) is 1. The summed E-state index contributed by atoms with van der Waals surface area (Å²) in [4.78, 5) is 12.8. The van der Waals surface area contributed by atoms with E-state index >= 15 is 0 Å². The average molecular weight is 402 g/mol. The lowest BCUT2D eigenvalue weighted by molar-refractivity contribution is 0.0994. The molecule has 0 aliphatic heterocycles. The summed E-state index contributed by atoms with van der Waals surface area (Å²) >= 11 is 1.40. The number of ketones is 1. The standard InChI is InChI=1S/C24H19FN2OS/c1-15-7-9-18(10-8-15)23(28)16(2)29-24-21-6-4-3-5-20(21)22(26-27-24)17-11-13-19(25)14-12-17/h3-14,16H,1-2H3/t16-/m1/s1. The second kappa shape index (κ2) is 8.13. The van der Waals surface area contributed by atoms with Gasteiger partial charge in [-0.25, -0.2) is 4.39 Å². The van der Waals surface area contributed by atoms with E-state index in [1.165, 1.54) is 23.9 Å². The molecule has 144 valence electrons. The minimum absolute atomic E-state index is 0.0588. The first-order chi connectivity index (χ1) is 14.0. The number of hydrogen-bond acceptors (Lipinski definition) is 4. The highest BCUT2D eigenvalue weighted by atomic mass is 32.2. The minimum Gasteiger partial charge on any atom is -0.293 e. The molecule has 0 N–H and O–H groups in total. The largest absolute Gasteiger partial charge is 0.293 e. The minimum atomic E-state index is -0.299. The molecule has 5 heteroatoms. The lowest BCUT2D eigenvalue weighted by Crippen LogP contribution is -2.14. The molecule has 29 heavy (non-hydrogen) atoms. The van der Waals surface area contributed by atoms with Gasteiger partial charge in [0, 0.05) is 21.9 Å². The van der Waals surface area contributed by atoms with Gasteiger partial charge >= 0.3 is 0 Å². The fourth-order valence-corrected chi connectivity index (χ4v) is 4.13. The van der Waals surface area contributed by atoms with Gasteiger partial charge in [-0.1, -0.05) is 65.9 Å². The van der Waals surface area contributed by atoms with Crippen LogP contribution < -0.4 is 0 Å². The van der Waals surface area contributed by atoms with Crippen LogP contribution in [0.2, 0.25) is 0 Å². The Kier molecular flexibility index (Phi) is 5.41. The fourth-order valence-electron chi connectivity index (χ4n) is 3.16. The highest BCUT2D eigenvalue weighted by Crippen LogP contribution is 2.34. The molecule has 0 saturated heterocycles. The quantitative estimate of drug-likeness (QED) is 0.298. The summed E-state index contributed by atoms with van der Waals surface area (Å²) in [6.45, 7) is 3.88. The maximum absolute atomic E-state index is 13.3. The molecule has 3 nitrogen and oxygen atoms in total. The summed E-state index contributed by atoms with van der Waals surface area (Å²) in [6, 6.07) is 21.6. The lowest BCUT2D eigenvalue weighted by Gasteiger charge is -2.13. The summed E-state index contributed by atoms with van der Waals surface area (Å²) in [5, 5.41) is 11.1. The first kappa shape index (κ1) is 19.3. The Balaban J connectivity index is 1.68. The van der Waals surface area contributed by atoms with Gasteiger partial charge in [0.1, 0.15) is 16.5 Å². The lowest BCUT2D eigenvalue weighted by atomic mass is 10.1. The van der Waals surface area contributed by atoms with Gasteiger partial charge < -0.3 is 0 Å². The van der Waals surface area contributed by atoms with E-state index in [4.69, 9.17) is 0 Å². The predicted molar refractivity (Wildman–Crippen MR) is 116 cm³/mol. The first-order valence-electron chi connectivity index (χ1n) is 9.32. The first-order valence-corrected chi connectivity index (χ1v) is 10.2. The molecule has 0 fully saturated rings. The summed E-state index contributed by atoms with van der Waals surface area (Å²) in [5.41, 5.74) is 3.31. The van der Waals surface area contributed by atoms with Crippen molar-refractivity contribution >= 4 is 28.3 Å². The van der Waals surface area contributed by atoms with E-state index in [0.717, 1.165) is 21.9 Å². The van der Waals surface area contributed by atoms with Crippen molar-refractivity contribution in [2.45, 2.75) is 24.1 Å². The molecule has 0 aliphatic rings. The molecule has 1 atom stereocenters. The van der Waals surface area contributed by atoms with Crippen LogP contribution >= 0.6 is 11.8 Å². The number of hydrogen-bond donors (Lipinski definition) is 0. The molecule has 0 unspecified atom stereocenters. The second-order valence-electron chi connectivity index (χ2n) is 6.90. The molecule has 0 aliphatic carbocycles. The highest BCUT2D eigenvalue weighted by molar-refractivity contribution is 8.00. The molecule has 0 bridgehead atoms. The number of halogens is 1. The molecule has 3 aromatic carbocycles. The number of thioether (sulfide) groups is 1. The molecule has 4 aromatic rings. The van der Waals surface area contributed by atoms with Crippen molar-refractivity contribution in [3.8, 4) is 11.3 Å². The van der Waals surface area contributed by atoms with Crippen molar-refractivity contribution in [1.82, 2.24) is 10.2 Å². The normalized spacial score (nSPS) is 12.1. The van der Waals surface area contributed by atoms with E-state index < -0.39 is 0 Å². The summed E-state index contributed by atoms with van der Waals surface area (Å²) in [5.74, 6) is -0.231. The Bertz CT molecular complexity index is 1170. The number of benzene rings is 3. The van der Waals surface area contributed by atoms with Gasteiger partial charge in [0.15, 0.2) is 5.78 Å². The van der Waals surface area contributed by atoms with Crippen LogP contribution in [0, 0.1) is 12.7 Å². The number of aryl methyl sites for hydroxylation is 1. The summed E-state index contributed by atoms with van der Waals surface area (Å²) in [6.07, 6.45) is 0. The van der Waals surface area contributed by atoms with E-state index in [1.807, 2.05) is 62.4 Å². The van der Waals surface area contributed by atoms with Crippen molar-refractivity contribution in [2.75, 3.05) is 0 Å². The maximum atomic E-state index is 13.3. The third-order valence-corrected chi connectivity index (χ3v) is 5.86. The third-order valence-electron chi connectivity index (χ3n) is 4.76. The van der Waals surface area contributed by atoms with Crippen LogP contribution in [0.25, 0.3) is 22.0 Å². The molecular formula is C24H19FN2OS. The van der Waals surface area contributed by atoms with Crippen molar-refractivity contribution in [3.63, 3.8) is 0 Å². The van der Waals surface area contributed by atoms with Gasteiger partial charge in [-0.15, -0.1) is 10.2 Å². The summed E-state index contributed by atoms with van der Waals surface area (Å²) in [7, 11) is 0. The van der Waals surface area contributed by atoms with Crippen LogP contribution in [-0.2, 0) is 0 Å². The van der Waals surface area contributed by atoms with Crippen LogP contribution in [0.1, 0.15) is 22.8 Å². The molecule has 0 amide bonds. The van der Waals surface area contributed by atoms with Gasteiger partial charge in [0.2, 0.25) is 0 Å². The van der Waals surface area contributed by atoms with E-state index in [-0.39, 0.29) is 16.9 Å². The van der Waals surface area contributed by atoms with Crippen molar-refractivity contribution < 1.29 is 9.18 Å². The van der Waals surface area contributed by atoms with Crippen molar-refractivity contribution in [2.24, 2.45) is 0 Å². The molecule has 0 radical (unpaired) electrons. The molecular weight excluding hydrogens is 383 g/mol. The number of aromatic nitrogens is 2. The number of nitrogens with zero attached hydrogens (tertiary/aromatic N) is 2. The topological polar surface area (TPSA) is 42.9 Å². The van der Waals surface area contributed by atoms with Crippen molar-refractivity contribution in [3.05, 3.63) is 89.7 Å². The predicted octanol–water partition coefficient (Wildman–Crippen LogP) is 6.11. The van der Waals surface area contributed by atoms with Crippen LogP contribution in [0.15, 0.2) is 77.8 Å². The molecule has 1 aromatic heterocycles. The zero-order chi connectivity index (χ0) is 20.4. The third kappa shape index (κ3) is 4.05. The molecule has 0 spiro atoms. The number of carbonyl (C=O) groups is 1. The van der Waals surface area contributed by atoms with Crippen LogP contribution in [-0.4, -0.2) is 21.2 Å². The Labute approximate surface area is 173 Å². The number of carbonyl (C=O) groups excluding carboxylic acids is 1. The van der Waals surface area contributed by atoms with Gasteiger partial charge in [-0.3, -0.25) is 4.79 Å². The SMILES string of the molecule is Cc1ccc(C(=O)[C@@H](C)Sc2nnc(-c3ccc(F)cc3)c3ccccc23)cc1. The zero-order valence-electron chi connectivity index (χ0n) is 16.1. The maximum Gasteiger partial charge on any atom is 0.175 e. The highest BCUT2D eigenvalue weighted by Gasteiger charge is 2.20. The summed E-state index contributed by atoms with van der Waals surface area (Å²) < 4.78 is 13.3. The molecule has 0 saturated carbocycles. The number of fused-ring (bicyclic) bond motifs is 1. The molecule has 4 rings (SSSR count). The Hall–Kier alpha value is -3.05. The van der Waals surface area contributed by atoms with Crippen molar-refractivity contribution in [1.29, 1.82) is 0 Å². The van der Waals surface area contributed by atoms with Gasteiger partial charge in [-0.2, -0.15) is 0 Å². The Morgan fingerprint density at radius 2 is 1.55 bits per heavy atom. The smallest absolute Gasteiger partial charge is 0.175 e. The zero-order valence-corrected chi connectivity index (χ0v) is 16.9. The van der Waals surface area contributed by atoms with E-state index in [9.17, 15) is 9.18 Å². The van der Waals surface area contributed by atoms with Gasteiger partial charge in [-0.05, 0) is 38.1 Å². The number of rotatable bonds is 5. The van der Waals surface area contributed by atoms with Crippen LogP contribution in [0.5, 0.6) is 0 Å². The fraction of sp³-hybridized carbons (Fsp3) is 0.125.